The lowest BCUT2D eigenvalue weighted by Crippen LogP contribution is -2.54. The first kappa shape index (κ1) is 17.8. The Labute approximate surface area is 130 Å². The van der Waals surface area contributed by atoms with Crippen molar-refractivity contribution in [2.75, 3.05) is 7.11 Å². The summed E-state index contributed by atoms with van der Waals surface area (Å²) in [5.41, 5.74) is -1.39. The maximum Gasteiger partial charge on any atom is 0.408 e. The molecule has 0 heterocycles. The molecule has 6 nitrogen and oxygen atoms in total. The van der Waals surface area contributed by atoms with Gasteiger partial charge in [0.1, 0.15) is 16.9 Å². The second kappa shape index (κ2) is 6.68. The summed E-state index contributed by atoms with van der Waals surface area (Å²) in [6.45, 7) is 6.60. The van der Waals surface area contributed by atoms with Gasteiger partial charge in [0.2, 0.25) is 0 Å². The number of carbonyl (C=O) groups is 2. The topological polar surface area (TPSA) is 84.9 Å². The monoisotopic (exact) mass is 309 g/mol. The molecule has 22 heavy (non-hydrogen) atoms. The Balaban J connectivity index is 2.86. The molecule has 1 rings (SSSR count). The van der Waals surface area contributed by atoms with E-state index in [4.69, 9.17) is 9.47 Å². The van der Waals surface area contributed by atoms with Crippen LogP contribution >= 0.6 is 0 Å². The van der Waals surface area contributed by atoms with Crippen LogP contribution in [0.1, 0.15) is 33.3 Å². The van der Waals surface area contributed by atoms with Gasteiger partial charge in [-0.25, -0.2) is 9.59 Å². The zero-order valence-corrected chi connectivity index (χ0v) is 13.6. The Bertz CT molecular complexity index is 532. The molecule has 1 aromatic carbocycles. The lowest BCUT2D eigenvalue weighted by molar-refractivity contribution is -0.144. The minimum Gasteiger partial charge on any atom is -0.497 e. The van der Waals surface area contributed by atoms with Crippen molar-refractivity contribution >= 4 is 12.1 Å². The first-order valence-corrected chi connectivity index (χ1v) is 6.93. The normalized spacial score (nSPS) is 13.9. The number of hydrogen-bond donors (Lipinski definition) is 2. The highest BCUT2D eigenvalue weighted by molar-refractivity contribution is 5.84. The molecule has 0 aliphatic carbocycles. The second-order valence-corrected chi connectivity index (χ2v) is 6.29. The van der Waals surface area contributed by atoms with Crippen molar-refractivity contribution in [2.45, 2.75) is 45.3 Å². The number of aliphatic carboxylic acids is 1. The molecule has 1 atom stereocenters. The fourth-order valence-corrected chi connectivity index (χ4v) is 1.85. The highest BCUT2D eigenvalue weighted by Crippen LogP contribution is 2.18. The quantitative estimate of drug-likeness (QED) is 0.873. The summed E-state index contributed by atoms with van der Waals surface area (Å²) in [6, 6.07) is 7.00. The zero-order valence-electron chi connectivity index (χ0n) is 13.6. The Morgan fingerprint density at radius 2 is 1.68 bits per heavy atom. The van der Waals surface area contributed by atoms with E-state index in [0.717, 1.165) is 5.56 Å². The van der Waals surface area contributed by atoms with E-state index in [9.17, 15) is 14.7 Å². The Morgan fingerprint density at radius 3 is 2.09 bits per heavy atom. The van der Waals surface area contributed by atoms with Gasteiger partial charge in [0.05, 0.1) is 7.11 Å². The van der Waals surface area contributed by atoms with Crippen LogP contribution in [-0.2, 0) is 16.0 Å². The van der Waals surface area contributed by atoms with Gasteiger partial charge in [-0.1, -0.05) is 12.1 Å². The van der Waals surface area contributed by atoms with Crippen LogP contribution in [0.3, 0.4) is 0 Å². The lowest BCUT2D eigenvalue weighted by atomic mass is 9.93. The highest BCUT2D eigenvalue weighted by atomic mass is 16.6. The van der Waals surface area contributed by atoms with Crippen molar-refractivity contribution in [3.63, 3.8) is 0 Å². The summed E-state index contributed by atoms with van der Waals surface area (Å²) in [6.07, 6.45) is -0.628. The number of benzene rings is 1. The maximum atomic E-state index is 11.9. The van der Waals surface area contributed by atoms with Crippen LogP contribution in [-0.4, -0.2) is 35.4 Å². The molecule has 0 unspecified atom stereocenters. The van der Waals surface area contributed by atoms with Gasteiger partial charge in [-0.15, -0.1) is 0 Å². The van der Waals surface area contributed by atoms with Crippen LogP contribution in [0, 0.1) is 0 Å². The van der Waals surface area contributed by atoms with Crippen LogP contribution in [0.25, 0.3) is 0 Å². The average Bonchev–Trinajstić information content (AvgIpc) is 2.36. The van der Waals surface area contributed by atoms with E-state index in [0.29, 0.717) is 5.75 Å². The highest BCUT2D eigenvalue weighted by Gasteiger charge is 2.36. The smallest absolute Gasteiger partial charge is 0.408 e. The predicted octanol–water partition coefficient (Wildman–Crippen LogP) is 2.61. The molecule has 122 valence electrons. The molecule has 0 aliphatic rings. The molecule has 1 aromatic rings. The van der Waals surface area contributed by atoms with Crippen LogP contribution in [0.15, 0.2) is 24.3 Å². The molecule has 0 radical (unpaired) electrons. The number of amides is 1. The number of carboxylic acids is 1. The van der Waals surface area contributed by atoms with E-state index in [2.05, 4.69) is 5.32 Å². The molecule has 0 spiro atoms. The fourth-order valence-electron chi connectivity index (χ4n) is 1.85. The largest absolute Gasteiger partial charge is 0.497 e. The minimum atomic E-state index is -1.46. The SMILES string of the molecule is COc1ccc(C[C@](C)(NC(=O)OC(C)(C)C)C(=O)O)cc1. The molecule has 0 fully saturated rings. The number of nitrogens with one attached hydrogen (secondary N) is 1. The van der Waals surface area contributed by atoms with E-state index < -0.39 is 23.2 Å². The van der Waals surface area contributed by atoms with Gasteiger partial charge in [-0.3, -0.25) is 0 Å². The number of alkyl carbamates (subject to hydrolysis) is 1. The molecular weight excluding hydrogens is 286 g/mol. The molecular formula is C16H23NO5. The molecule has 2 N–H and O–H groups in total. The zero-order chi connectivity index (χ0) is 17.0. The van der Waals surface area contributed by atoms with Crippen molar-refractivity contribution in [1.29, 1.82) is 0 Å². The summed E-state index contributed by atoms with van der Waals surface area (Å²) in [4.78, 5) is 23.4. The summed E-state index contributed by atoms with van der Waals surface area (Å²) < 4.78 is 10.2. The van der Waals surface area contributed by atoms with E-state index in [1.54, 1.807) is 52.1 Å². The molecule has 0 bridgehead atoms. The molecule has 0 saturated carbocycles. The average molecular weight is 309 g/mol. The van der Waals surface area contributed by atoms with Crippen LogP contribution in [0.5, 0.6) is 5.75 Å². The van der Waals surface area contributed by atoms with Gasteiger partial charge in [0, 0.05) is 6.42 Å². The van der Waals surface area contributed by atoms with Gasteiger partial charge in [-0.05, 0) is 45.4 Å². The summed E-state index contributed by atoms with van der Waals surface area (Å²) >= 11 is 0. The number of methoxy groups -OCH3 is 1. The van der Waals surface area contributed by atoms with Gasteiger partial charge < -0.3 is 19.9 Å². The standard InChI is InChI=1S/C16H23NO5/c1-15(2,3)22-14(20)17-16(4,13(18)19)10-11-6-8-12(21-5)9-7-11/h6-9H,10H2,1-5H3,(H,17,20)(H,18,19)/t16-/m0/s1. The second-order valence-electron chi connectivity index (χ2n) is 6.29. The van der Waals surface area contributed by atoms with Crippen molar-refractivity contribution in [2.24, 2.45) is 0 Å². The number of carbonyl (C=O) groups excluding carboxylic acids is 1. The maximum absolute atomic E-state index is 11.9. The summed E-state index contributed by atoms with van der Waals surface area (Å²) in [7, 11) is 1.56. The fraction of sp³-hybridized carbons (Fsp3) is 0.500. The van der Waals surface area contributed by atoms with Gasteiger partial charge in [0.25, 0.3) is 0 Å². The van der Waals surface area contributed by atoms with Crippen LogP contribution in [0.2, 0.25) is 0 Å². The van der Waals surface area contributed by atoms with Crippen molar-refractivity contribution in [1.82, 2.24) is 5.32 Å². The molecule has 1 amide bonds. The first-order valence-electron chi connectivity index (χ1n) is 6.93. The number of hydrogen-bond acceptors (Lipinski definition) is 4. The van der Waals surface area contributed by atoms with Crippen molar-refractivity contribution in [3.8, 4) is 5.75 Å². The lowest BCUT2D eigenvalue weighted by Gasteiger charge is -2.28. The third kappa shape index (κ3) is 5.27. The van der Waals surface area contributed by atoms with E-state index in [1.165, 1.54) is 6.92 Å². The number of ether oxygens (including phenoxy) is 2. The predicted molar refractivity (Wildman–Crippen MR) is 82.1 cm³/mol. The first-order chi connectivity index (χ1) is 10.1. The van der Waals surface area contributed by atoms with Crippen molar-refractivity contribution < 1.29 is 24.2 Å². The van der Waals surface area contributed by atoms with Gasteiger partial charge in [0.15, 0.2) is 0 Å². The Morgan fingerprint density at radius 1 is 1.14 bits per heavy atom. The third-order valence-electron chi connectivity index (χ3n) is 2.97. The summed E-state index contributed by atoms with van der Waals surface area (Å²) in [5, 5.41) is 11.9. The number of carboxylic acid groups (broad SMARTS) is 1. The Kier molecular flexibility index (Phi) is 5.41. The third-order valence-corrected chi connectivity index (χ3v) is 2.97. The summed E-state index contributed by atoms with van der Waals surface area (Å²) in [5.74, 6) is -0.449. The number of rotatable bonds is 5. The van der Waals surface area contributed by atoms with E-state index in [1.807, 2.05) is 0 Å². The Hall–Kier alpha value is -2.24. The van der Waals surface area contributed by atoms with E-state index in [-0.39, 0.29) is 6.42 Å². The molecule has 0 aliphatic heterocycles. The van der Waals surface area contributed by atoms with Gasteiger partial charge >= 0.3 is 12.1 Å². The molecule has 0 aromatic heterocycles. The van der Waals surface area contributed by atoms with Crippen molar-refractivity contribution in [3.05, 3.63) is 29.8 Å². The molecule has 0 saturated heterocycles. The van der Waals surface area contributed by atoms with Crippen LogP contribution in [0.4, 0.5) is 4.79 Å². The molecule has 6 heteroatoms. The van der Waals surface area contributed by atoms with Crippen LogP contribution < -0.4 is 10.1 Å². The van der Waals surface area contributed by atoms with E-state index >= 15 is 0 Å². The van der Waals surface area contributed by atoms with Gasteiger partial charge in [-0.2, -0.15) is 0 Å². The minimum absolute atomic E-state index is 0.131.